The van der Waals surface area contributed by atoms with E-state index in [4.69, 9.17) is 0 Å². The van der Waals surface area contributed by atoms with Crippen molar-refractivity contribution in [2.75, 3.05) is 0 Å². The van der Waals surface area contributed by atoms with E-state index in [-0.39, 0.29) is 5.82 Å². The molecule has 1 aromatic rings. The normalized spacial score (nSPS) is 27.9. The number of hydrogen-bond acceptors (Lipinski definition) is 1. The first kappa shape index (κ1) is 9.69. The number of aromatic nitrogens is 2. The van der Waals surface area contributed by atoms with Gasteiger partial charge in [-0.25, -0.2) is 4.39 Å². The van der Waals surface area contributed by atoms with Gasteiger partial charge < -0.3 is 0 Å². The van der Waals surface area contributed by atoms with Gasteiger partial charge in [0.1, 0.15) is 0 Å². The van der Waals surface area contributed by atoms with Crippen molar-refractivity contribution in [2.45, 2.75) is 45.1 Å². The molecule has 0 spiro atoms. The molecule has 14 heavy (non-hydrogen) atoms. The maximum Gasteiger partial charge on any atom is 0.161 e. The molecular weight excluding hydrogens is 179 g/mol. The van der Waals surface area contributed by atoms with Crippen molar-refractivity contribution in [3.63, 3.8) is 0 Å². The van der Waals surface area contributed by atoms with Crippen molar-refractivity contribution < 1.29 is 4.39 Å². The molecule has 0 bridgehead atoms. The van der Waals surface area contributed by atoms with Gasteiger partial charge in [0.2, 0.25) is 0 Å². The summed E-state index contributed by atoms with van der Waals surface area (Å²) in [5.41, 5.74) is 0. The summed E-state index contributed by atoms with van der Waals surface area (Å²) < 4.78 is 14.7. The summed E-state index contributed by atoms with van der Waals surface area (Å²) in [6.07, 6.45) is 9.00. The Bertz CT molecular complexity index is 295. The maximum atomic E-state index is 12.8. The van der Waals surface area contributed by atoms with Crippen molar-refractivity contribution in [1.82, 2.24) is 9.78 Å². The second kappa shape index (κ2) is 4.11. The molecule has 0 aromatic carbocycles. The highest BCUT2D eigenvalue weighted by atomic mass is 19.1. The van der Waals surface area contributed by atoms with Gasteiger partial charge in [0.05, 0.1) is 18.4 Å². The van der Waals surface area contributed by atoms with E-state index in [0.717, 1.165) is 6.42 Å². The van der Waals surface area contributed by atoms with Crippen LogP contribution >= 0.6 is 0 Å². The van der Waals surface area contributed by atoms with E-state index in [1.165, 1.54) is 38.1 Å². The Morgan fingerprint density at radius 2 is 2.29 bits per heavy atom. The topological polar surface area (TPSA) is 17.8 Å². The smallest absolute Gasteiger partial charge is 0.161 e. The van der Waals surface area contributed by atoms with E-state index in [1.54, 1.807) is 0 Å². The molecule has 2 rings (SSSR count). The number of halogens is 1. The van der Waals surface area contributed by atoms with Crippen LogP contribution in [0.5, 0.6) is 0 Å². The highest BCUT2D eigenvalue weighted by Gasteiger charge is 2.25. The molecule has 1 fully saturated rings. The molecule has 1 aromatic heterocycles. The van der Waals surface area contributed by atoms with Crippen LogP contribution in [0, 0.1) is 11.7 Å². The zero-order chi connectivity index (χ0) is 9.97. The Hall–Kier alpha value is -0.860. The number of rotatable bonds is 2. The predicted molar refractivity (Wildman–Crippen MR) is 53.5 cm³/mol. The fourth-order valence-electron chi connectivity index (χ4n) is 2.51. The Balaban J connectivity index is 2.14. The molecule has 1 unspecified atom stereocenters. The van der Waals surface area contributed by atoms with Crippen LogP contribution in [0.4, 0.5) is 4.39 Å². The van der Waals surface area contributed by atoms with Crippen molar-refractivity contribution in [3.05, 3.63) is 18.2 Å². The van der Waals surface area contributed by atoms with E-state index >= 15 is 0 Å². The summed E-state index contributed by atoms with van der Waals surface area (Å²) in [5.74, 6) is 0.466. The Kier molecular flexibility index (Phi) is 2.85. The van der Waals surface area contributed by atoms with Crippen LogP contribution in [0.3, 0.4) is 0 Å². The van der Waals surface area contributed by atoms with Gasteiger partial charge in [-0.1, -0.05) is 26.2 Å². The second-order valence-electron chi connectivity index (χ2n) is 4.16. The number of hydrogen-bond donors (Lipinski definition) is 0. The monoisotopic (exact) mass is 196 g/mol. The summed E-state index contributed by atoms with van der Waals surface area (Å²) in [7, 11) is 0. The first-order valence-corrected chi connectivity index (χ1v) is 5.51. The third-order valence-electron chi connectivity index (χ3n) is 3.30. The highest BCUT2D eigenvalue weighted by Crippen LogP contribution is 2.35. The third-order valence-corrected chi connectivity index (χ3v) is 3.30. The van der Waals surface area contributed by atoms with Gasteiger partial charge in [-0.2, -0.15) is 5.10 Å². The molecule has 2 nitrogen and oxygen atoms in total. The van der Waals surface area contributed by atoms with Crippen LogP contribution in [-0.4, -0.2) is 9.78 Å². The van der Waals surface area contributed by atoms with Crippen LogP contribution in [0.1, 0.15) is 45.1 Å². The third kappa shape index (κ3) is 1.81. The molecule has 0 radical (unpaired) electrons. The summed E-state index contributed by atoms with van der Waals surface area (Å²) in [6.45, 7) is 2.21. The first-order valence-electron chi connectivity index (χ1n) is 5.51. The van der Waals surface area contributed by atoms with Gasteiger partial charge in [0.15, 0.2) is 5.82 Å². The molecular formula is C11H17FN2. The molecule has 0 aliphatic heterocycles. The maximum absolute atomic E-state index is 12.8. The van der Waals surface area contributed by atoms with E-state index in [2.05, 4.69) is 12.0 Å². The summed E-state index contributed by atoms with van der Waals surface area (Å²) in [6, 6.07) is 0.429. The average molecular weight is 196 g/mol. The van der Waals surface area contributed by atoms with E-state index in [1.807, 2.05) is 4.68 Å². The molecule has 0 amide bonds. The van der Waals surface area contributed by atoms with Crippen molar-refractivity contribution in [3.8, 4) is 0 Å². The lowest BCUT2D eigenvalue weighted by Gasteiger charge is -2.30. The minimum atomic E-state index is -0.217. The minimum Gasteiger partial charge on any atom is -0.266 e. The van der Waals surface area contributed by atoms with Gasteiger partial charge in [-0.05, 0) is 18.8 Å². The largest absolute Gasteiger partial charge is 0.266 e. The van der Waals surface area contributed by atoms with Crippen molar-refractivity contribution in [2.24, 2.45) is 5.92 Å². The molecule has 0 saturated heterocycles. The number of nitrogens with zero attached hydrogens (tertiary/aromatic N) is 2. The molecule has 2 atom stereocenters. The Morgan fingerprint density at radius 1 is 1.50 bits per heavy atom. The van der Waals surface area contributed by atoms with Gasteiger partial charge in [-0.3, -0.25) is 4.68 Å². The molecule has 0 N–H and O–H groups in total. The molecule has 78 valence electrons. The quantitative estimate of drug-likeness (QED) is 0.710. The molecule has 1 aliphatic rings. The fraction of sp³-hybridized carbons (Fsp3) is 0.727. The van der Waals surface area contributed by atoms with Crippen LogP contribution < -0.4 is 0 Å². The molecule has 1 saturated carbocycles. The Morgan fingerprint density at radius 3 is 2.93 bits per heavy atom. The lowest BCUT2D eigenvalue weighted by molar-refractivity contribution is 0.217. The zero-order valence-electron chi connectivity index (χ0n) is 8.62. The lowest BCUT2D eigenvalue weighted by atomic mass is 9.83. The predicted octanol–water partition coefficient (Wildman–Crippen LogP) is 3.16. The zero-order valence-corrected chi connectivity index (χ0v) is 8.62. The molecule has 1 heterocycles. The van der Waals surface area contributed by atoms with Gasteiger partial charge >= 0.3 is 0 Å². The lowest BCUT2D eigenvalue weighted by Crippen LogP contribution is -2.23. The van der Waals surface area contributed by atoms with Gasteiger partial charge in [0.25, 0.3) is 0 Å². The van der Waals surface area contributed by atoms with Crippen molar-refractivity contribution >= 4 is 0 Å². The van der Waals surface area contributed by atoms with E-state index in [0.29, 0.717) is 12.0 Å². The first-order chi connectivity index (χ1) is 6.81. The summed E-state index contributed by atoms with van der Waals surface area (Å²) >= 11 is 0. The summed E-state index contributed by atoms with van der Waals surface area (Å²) in [5, 5.41) is 4.08. The van der Waals surface area contributed by atoms with Gasteiger partial charge in [0, 0.05) is 0 Å². The molecule has 1 aliphatic carbocycles. The highest BCUT2D eigenvalue weighted by molar-refractivity contribution is 4.89. The summed E-state index contributed by atoms with van der Waals surface area (Å²) in [4.78, 5) is 0. The van der Waals surface area contributed by atoms with Crippen LogP contribution in [-0.2, 0) is 0 Å². The second-order valence-corrected chi connectivity index (χ2v) is 4.16. The molecule has 3 heteroatoms. The van der Waals surface area contributed by atoms with Crippen LogP contribution in [0.15, 0.2) is 12.4 Å². The van der Waals surface area contributed by atoms with E-state index < -0.39 is 0 Å². The fourth-order valence-corrected chi connectivity index (χ4v) is 2.51. The van der Waals surface area contributed by atoms with Crippen LogP contribution in [0.25, 0.3) is 0 Å². The average Bonchev–Trinajstić information content (AvgIpc) is 2.65. The SMILES string of the molecule is CCC1CCCC[C@@H]1n1cc(F)cn1. The standard InChI is InChI=1S/C11H17FN2/c1-2-9-5-3-4-6-11(9)14-8-10(12)7-13-14/h7-9,11H,2-6H2,1H3/t9?,11-/m0/s1. The Labute approximate surface area is 84.1 Å². The van der Waals surface area contributed by atoms with E-state index in [9.17, 15) is 4.39 Å². The van der Waals surface area contributed by atoms with Gasteiger partial charge in [-0.15, -0.1) is 0 Å². The minimum absolute atomic E-state index is 0.217. The van der Waals surface area contributed by atoms with Crippen molar-refractivity contribution in [1.29, 1.82) is 0 Å². The van der Waals surface area contributed by atoms with Crippen LogP contribution in [0.2, 0.25) is 0 Å².